The summed E-state index contributed by atoms with van der Waals surface area (Å²) in [5.41, 5.74) is 5.42. The van der Waals surface area contributed by atoms with Gasteiger partial charge in [0.05, 0.1) is 0 Å². The summed E-state index contributed by atoms with van der Waals surface area (Å²) in [5.74, 6) is 0. The molecule has 0 saturated carbocycles. The van der Waals surface area contributed by atoms with E-state index in [0.717, 1.165) is 22.4 Å². The number of hydrogen-bond donors (Lipinski definition) is 0. The molecule has 1 radical (unpaired) electrons. The van der Waals surface area contributed by atoms with Crippen molar-refractivity contribution in [1.29, 1.82) is 0 Å². The van der Waals surface area contributed by atoms with Gasteiger partial charge in [-0.05, 0) is 0 Å². The van der Waals surface area contributed by atoms with Crippen LogP contribution in [0.5, 0.6) is 0 Å². The summed E-state index contributed by atoms with van der Waals surface area (Å²) in [4.78, 5) is 0. The van der Waals surface area contributed by atoms with Crippen molar-refractivity contribution in [1.82, 2.24) is 0 Å². The molecule has 2 heteroatoms. The van der Waals surface area contributed by atoms with E-state index in [4.69, 9.17) is 0 Å². The van der Waals surface area contributed by atoms with Crippen molar-refractivity contribution in [3.63, 3.8) is 0 Å². The van der Waals surface area contributed by atoms with Crippen molar-refractivity contribution < 1.29 is 29.1 Å². The van der Waals surface area contributed by atoms with Crippen LogP contribution in [0.15, 0.2) is 34.4 Å². The van der Waals surface area contributed by atoms with Gasteiger partial charge in [-0.1, -0.05) is 26.9 Å². The van der Waals surface area contributed by atoms with Gasteiger partial charge in [0.15, 0.2) is 0 Å². The second kappa shape index (κ2) is 12.1. The zero-order chi connectivity index (χ0) is 13.3. The molecule has 2 aliphatic carbocycles. The van der Waals surface area contributed by atoms with Crippen LogP contribution in [0, 0.1) is 12.2 Å². The molecular formula is C16H27SiZr. The minimum Gasteiger partial charge on any atom is -1.00 e. The second-order valence-electron chi connectivity index (χ2n) is 4.36. The van der Waals surface area contributed by atoms with Crippen LogP contribution in [-0.4, -0.2) is 9.52 Å². The fourth-order valence-corrected chi connectivity index (χ4v) is 1.30. The summed E-state index contributed by atoms with van der Waals surface area (Å²) in [7, 11) is 0.750. The monoisotopic (exact) mass is 337 g/mol. The largest absolute Gasteiger partial charge is 4.00 e. The van der Waals surface area contributed by atoms with Crippen LogP contribution in [0.4, 0.5) is 0 Å². The summed E-state index contributed by atoms with van der Waals surface area (Å²) in [6, 6.07) is 0. The molecule has 0 unspecified atom stereocenters. The molecule has 0 amide bonds. The maximum atomic E-state index is 3.19. The molecular weight excluding hydrogens is 311 g/mol. The summed E-state index contributed by atoms with van der Waals surface area (Å²) >= 11 is 0. The first-order chi connectivity index (χ1) is 8.02. The van der Waals surface area contributed by atoms with E-state index in [2.05, 4.69) is 65.1 Å². The molecule has 0 heterocycles. The number of hydrogen-bond acceptors (Lipinski definition) is 0. The van der Waals surface area contributed by atoms with Crippen molar-refractivity contribution in [2.24, 2.45) is 0 Å². The summed E-state index contributed by atoms with van der Waals surface area (Å²) in [6.07, 6.45) is 12.8. The van der Waals surface area contributed by atoms with E-state index in [-0.39, 0.29) is 29.1 Å². The van der Waals surface area contributed by atoms with Crippen LogP contribution in [0.25, 0.3) is 0 Å². The average molecular weight is 339 g/mol. The molecule has 0 atom stereocenters. The molecule has 0 bridgehead atoms. The van der Waals surface area contributed by atoms with Crippen LogP contribution < -0.4 is 0 Å². The standard InChI is InChI=1S/2C7H9.C2H7Si.Zr.2H/c2*1-6-4-3-5-7(6)2;1-3-2;;;/h2*4H,3H2,1-2H3;3H,1-2H3;;;/q2*-1;;+4;2*-1. The fraction of sp³-hybridized carbons (Fsp3) is 0.500. The minimum atomic E-state index is 0. The molecule has 2 rings (SSSR count). The molecule has 0 aromatic rings. The van der Waals surface area contributed by atoms with Gasteiger partial charge in [-0.3, -0.25) is 12.2 Å². The second-order valence-corrected chi connectivity index (χ2v) is 5.52. The molecule has 0 fully saturated rings. The Morgan fingerprint density at radius 3 is 1.22 bits per heavy atom. The SMILES string of the molecule is CC1=[C-]CC=C1C.CC1=[C-]CC=C1C.C[SiH]C.[H-].[H-].[Zr+4]. The molecule has 18 heavy (non-hydrogen) atoms. The Morgan fingerprint density at radius 2 is 1.17 bits per heavy atom. The fourth-order valence-electron chi connectivity index (χ4n) is 1.30. The molecule has 0 saturated heterocycles. The van der Waals surface area contributed by atoms with E-state index < -0.39 is 0 Å². The van der Waals surface area contributed by atoms with Gasteiger partial charge in [-0.15, -0.1) is 26.7 Å². The Hall–Kier alpha value is 0.0600. The first-order valence-corrected chi connectivity index (χ1v) is 8.57. The Balaban J connectivity index is -0.0000000956. The average Bonchev–Trinajstić information content (AvgIpc) is 2.81. The maximum absolute atomic E-state index is 3.19. The third kappa shape index (κ3) is 9.05. The molecule has 0 aliphatic heterocycles. The van der Waals surface area contributed by atoms with Gasteiger partial charge in [-0.2, -0.15) is 12.2 Å². The van der Waals surface area contributed by atoms with Crippen molar-refractivity contribution in [2.45, 2.75) is 53.6 Å². The van der Waals surface area contributed by atoms with Gasteiger partial charge in [0.2, 0.25) is 0 Å². The zero-order valence-electron chi connectivity index (χ0n) is 14.6. The van der Waals surface area contributed by atoms with Gasteiger partial charge in [0.1, 0.15) is 0 Å². The summed E-state index contributed by atoms with van der Waals surface area (Å²) in [6.45, 7) is 12.8. The van der Waals surface area contributed by atoms with Gasteiger partial charge >= 0.3 is 26.2 Å². The van der Waals surface area contributed by atoms with Gasteiger partial charge in [0, 0.05) is 9.52 Å². The third-order valence-electron chi connectivity index (χ3n) is 2.73. The van der Waals surface area contributed by atoms with E-state index in [1.807, 2.05) is 0 Å². The minimum absolute atomic E-state index is 0. The molecule has 0 aromatic carbocycles. The summed E-state index contributed by atoms with van der Waals surface area (Å²) in [5, 5.41) is 0. The van der Waals surface area contributed by atoms with Crippen LogP contribution in [0.1, 0.15) is 43.4 Å². The van der Waals surface area contributed by atoms with E-state index in [0.29, 0.717) is 0 Å². The summed E-state index contributed by atoms with van der Waals surface area (Å²) < 4.78 is 0. The Bertz CT molecular complexity index is 289. The molecule has 2 aliphatic rings. The van der Waals surface area contributed by atoms with Gasteiger partial charge < -0.3 is 2.85 Å². The first kappa shape index (κ1) is 20.4. The Morgan fingerprint density at radius 1 is 0.889 bits per heavy atom. The first-order valence-electron chi connectivity index (χ1n) is 6.26. The van der Waals surface area contributed by atoms with E-state index in [1.54, 1.807) is 0 Å². The Labute approximate surface area is 138 Å². The zero-order valence-corrected chi connectivity index (χ0v) is 16.3. The topological polar surface area (TPSA) is 0 Å². The van der Waals surface area contributed by atoms with Crippen molar-refractivity contribution >= 4 is 9.52 Å². The third-order valence-corrected chi connectivity index (χ3v) is 2.73. The van der Waals surface area contributed by atoms with Crippen LogP contribution in [0.3, 0.4) is 0 Å². The molecule has 0 aromatic heterocycles. The molecule has 99 valence electrons. The molecule has 0 N–H and O–H groups in total. The van der Waals surface area contributed by atoms with E-state index in [9.17, 15) is 0 Å². The molecule has 0 spiro atoms. The predicted molar refractivity (Wildman–Crippen MR) is 82.7 cm³/mol. The smallest absolute Gasteiger partial charge is 1.00 e. The normalized spacial score (nSPS) is 15.9. The maximum Gasteiger partial charge on any atom is 4.00 e. The van der Waals surface area contributed by atoms with Crippen LogP contribution in [0.2, 0.25) is 13.1 Å². The van der Waals surface area contributed by atoms with Crippen molar-refractivity contribution in [3.8, 4) is 0 Å². The van der Waals surface area contributed by atoms with E-state index >= 15 is 0 Å². The Kier molecular flexibility index (Phi) is 13.7. The van der Waals surface area contributed by atoms with Gasteiger partial charge in [0.25, 0.3) is 0 Å². The predicted octanol–water partition coefficient (Wildman–Crippen LogP) is 4.91. The van der Waals surface area contributed by atoms with E-state index in [1.165, 1.54) is 22.3 Å². The van der Waals surface area contributed by atoms with Crippen LogP contribution >= 0.6 is 0 Å². The van der Waals surface area contributed by atoms with Crippen molar-refractivity contribution in [2.75, 3.05) is 0 Å². The van der Waals surface area contributed by atoms with Crippen molar-refractivity contribution in [3.05, 3.63) is 46.6 Å². The number of allylic oxidation sites excluding steroid dienone is 8. The number of rotatable bonds is 0. The van der Waals surface area contributed by atoms with Gasteiger partial charge in [-0.25, -0.2) is 22.3 Å². The molecule has 0 nitrogen and oxygen atoms in total. The quantitative estimate of drug-likeness (QED) is 0.435. The van der Waals surface area contributed by atoms with Crippen LogP contribution in [-0.2, 0) is 26.2 Å².